The van der Waals surface area contributed by atoms with Crippen molar-refractivity contribution in [1.82, 2.24) is 9.97 Å². The Morgan fingerprint density at radius 1 is 1.00 bits per heavy atom. The van der Waals surface area contributed by atoms with E-state index in [2.05, 4.69) is 27.8 Å². The Morgan fingerprint density at radius 3 is 2.46 bits per heavy atom. The van der Waals surface area contributed by atoms with E-state index in [9.17, 15) is 4.39 Å². The third-order valence-corrected chi connectivity index (χ3v) is 4.37. The molecule has 0 atom stereocenters. The summed E-state index contributed by atoms with van der Waals surface area (Å²) in [5, 5.41) is 0. The highest BCUT2D eigenvalue weighted by atomic mass is 19.1. The Bertz CT molecular complexity index is 672. The summed E-state index contributed by atoms with van der Waals surface area (Å²) in [6.45, 7) is 7.98. The first-order valence-electron chi connectivity index (χ1n) is 8.75. The van der Waals surface area contributed by atoms with Crippen molar-refractivity contribution in [3.63, 3.8) is 0 Å². The predicted molar refractivity (Wildman–Crippen MR) is 96.2 cm³/mol. The first kappa shape index (κ1) is 16.7. The lowest BCUT2D eigenvalue weighted by molar-refractivity contribution is 0.627. The van der Waals surface area contributed by atoms with Gasteiger partial charge in [0.05, 0.1) is 0 Å². The molecule has 0 bridgehead atoms. The number of anilines is 2. The van der Waals surface area contributed by atoms with Crippen LogP contribution in [0.15, 0.2) is 30.3 Å². The van der Waals surface area contributed by atoms with Crippen LogP contribution < -0.4 is 9.80 Å². The molecule has 1 aromatic carbocycles. The predicted octanol–water partition coefficient (Wildman–Crippen LogP) is 3.59. The van der Waals surface area contributed by atoms with Crippen molar-refractivity contribution >= 4 is 11.5 Å². The fourth-order valence-corrected chi connectivity index (χ4v) is 3.17. The van der Waals surface area contributed by atoms with E-state index in [-0.39, 0.29) is 5.82 Å². The first-order valence-corrected chi connectivity index (χ1v) is 8.75. The topological polar surface area (TPSA) is 32.3 Å². The van der Waals surface area contributed by atoms with Gasteiger partial charge in [-0.2, -0.15) is 0 Å². The highest BCUT2D eigenvalue weighted by molar-refractivity contribution is 5.48. The Balaban J connectivity index is 1.72. The van der Waals surface area contributed by atoms with Gasteiger partial charge in [-0.05, 0) is 44.0 Å². The molecule has 1 fully saturated rings. The van der Waals surface area contributed by atoms with Gasteiger partial charge in [-0.25, -0.2) is 14.4 Å². The molecule has 1 aliphatic rings. The summed E-state index contributed by atoms with van der Waals surface area (Å²) in [5.41, 5.74) is 2.12. The maximum absolute atomic E-state index is 13.1. The van der Waals surface area contributed by atoms with Crippen molar-refractivity contribution in [3.8, 4) is 0 Å². The highest BCUT2D eigenvalue weighted by Gasteiger charge is 2.17. The van der Waals surface area contributed by atoms with E-state index >= 15 is 0 Å². The summed E-state index contributed by atoms with van der Waals surface area (Å²) in [6, 6.07) is 8.86. The van der Waals surface area contributed by atoms with Crippen LogP contribution in [0.4, 0.5) is 15.9 Å². The van der Waals surface area contributed by atoms with Gasteiger partial charge >= 0.3 is 0 Å². The third kappa shape index (κ3) is 4.02. The van der Waals surface area contributed by atoms with Crippen LogP contribution in [0.2, 0.25) is 0 Å². The Kier molecular flexibility index (Phi) is 5.28. The molecule has 5 heteroatoms. The van der Waals surface area contributed by atoms with E-state index in [0.29, 0.717) is 0 Å². The fourth-order valence-electron chi connectivity index (χ4n) is 3.17. The van der Waals surface area contributed by atoms with Crippen LogP contribution in [-0.4, -0.2) is 36.1 Å². The van der Waals surface area contributed by atoms with Crippen molar-refractivity contribution in [2.24, 2.45) is 0 Å². The minimum Gasteiger partial charge on any atom is -0.370 e. The monoisotopic (exact) mass is 328 g/mol. The van der Waals surface area contributed by atoms with Gasteiger partial charge in [-0.15, -0.1) is 0 Å². The second-order valence-corrected chi connectivity index (χ2v) is 6.34. The minimum absolute atomic E-state index is 0.185. The second kappa shape index (κ2) is 7.60. The molecule has 0 unspecified atom stereocenters. The molecule has 0 N–H and O–H groups in total. The number of aromatic nitrogens is 2. The normalized spacial score (nSPS) is 15.5. The summed E-state index contributed by atoms with van der Waals surface area (Å²) >= 11 is 0. The van der Waals surface area contributed by atoms with Crippen molar-refractivity contribution < 1.29 is 4.39 Å². The van der Waals surface area contributed by atoms with Gasteiger partial charge in [0.2, 0.25) is 0 Å². The van der Waals surface area contributed by atoms with Crippen LogP contribution >= 0.6 is 0 Å². The van der Waals surface area contributed by atoms with E-state index in [1.165, 1.54) is 12.1 Å². The number of hydrogen-bond donors (Lipinski definition) is 0. The molecular weight excluding hydrogens is 303 g/mol. The Labute approximate surface area is 143 Å². The molecule has 4 nitrogen and oxygen atoms in total. The standard InChI is InChI=1S/C19H25FN4/c1-3-5-18-21-15(2)14-19(22-18)24-11-4-10-23(12-13-24)17-8-6-16(20)7-9-17/h6-9,14H,3-5,10-13H2,1-2H3. The van der Waals surface area contributed by atoms with Crippen LogP contribution in [0.3, 0.4) is 0 Å². The molecule has 128 valence electrons. The largest absolute Gasteiger partial charge is 0.370 e. The maximum atomic E-state index is 13.1. The van der Waals surface area contributed by atoms with Gasteiger partial charge in [0.1, 0.15) is 17.5 Å². The number of benzene rings is 1. The zero-order valence-electron chi connectivity index (χ0n) is 14.5. The summed E-state index contributed by atoms with van der Waals surface area (Å²) in [5.74, 6) is 1.79. The minimum atomic E-state index is -0.185. The van der Waals surface area contributed by atoms with Crippen LogP contribution in [0.5, 0.6) is 0 Å². The highest BCUT2D eigenvalue weighted by Crippen LogP contribution is 2.20. The smallest absolute Gasteiger partial charge is 0.132 e. The van der Waals surface area contributed by atoms with Gasteiger partial charge in [-0.1, -0.05) is 6.92 Å². The summed E-state index contributed by atoms with van der Waals surface area (Å²) < 4.78 is 13.1. The molecule has 2 aromatic rings. The molecule has 1 saturated heterocycles. The lowest BCUT2D eigenvalue weighted by Crippen LogP contribution is -2.31. The van der Waals surface area contributed by atoms with E-state index in [1.807, 2.05) is 19.1 Å². The van der Waals surface area contributed by atoms with Crippen molar-refractivity contribution in [2.45, 2.75) is 33.1 Å². The molecule has 24 heavy (non-hydrogen) atoms. The van der Waals surface area contributed by atoms with Crippen LogP contribution in [-0.2, 0) is 6.42 Å². The number of hydrogen-bond acceptors (Lipinski definition) is 4. The van der Waals surface area contributed by atoms with Gasteiger partial charge in [0.25, 0.3) is 0 Å². The molecule has 0 aliphatic carbocycles. The van der Waals surface area contributed by atoms with E-state index in [1.54, 1.807) is 0 Å². The zero-order valence-corrected chi connectivity index (χ0v) is 14.5. The number of aryl methyl sites for hydroxylation is 2. The molecule has 3 rings (SSSR count). The van der Waals surface area contributed by atoms with Crippen LogP contribution in [0, 0.1) is 12.7 Å². The summed E-state index contributed by atoms with van der Waals surface area (Å²) in [7, 11) is 0. The summed E-state index contributed by atoms with van der Waals surface area (Å²) in [6.07, 6.45) is 3.04. The molecule has 1 aliphatic heterocycles. The lowest BCUT2D eigenvalue weighted by atomic mass is 10.2. The van der Waals surface area contributed by atoms with Gasteiger partial charge < -0.3 is 9.80 Å². The molecule has 0 spiro atoms. The van der Waals surface area contributed by atoms with Gasteiger partial charge in [0, 0.05) is 50.0 Å². The Hall–Kier alpha value is -2.17. The van der Waals surface area contributed by atoms with Crippen molar-refractivity contribution in [1.29, 1.82) is 0 Å². The van der Waals surface area contributed by atoms with E-state index in [0.717, 1.165) is 68.5 Å². The van der Waals surface area contributed by atoms with Crippen molar-refractivity contribution in [2.75, 3.05) is 36.0 Å². The molecule has 0 amide bonds. The first-order chi connectivity index (χ1) is 11.7. The van der Waals surface area contributed by atoms with E-state index < -0.39 is 0 Å². The van der Waals surface area contributed by atoms with Gasteiger partial charge in [-0.3, -0.25) is 0 Å². The maximum Gasteiger partial charge on any atom is 0.132 e. The van der Waals surface area contributed by atoms with Crippen LogP contribution in [0.1, 0.15) is 31.3 Å². The SMILES string of the molecule is CCCc1nc(C)cc(N2CCCN(c3ccc(F)cc3)CC2)n1. The number of nitrogens with zero attached hydrogens (tertiary/aromatic N) is 4. The average molecular weight is 328 g/mol. The second-order valence-electron chi connectivity index (χ2n) is 6.34. The summed E-state index contributed by atoms with van der Waals surface area (Å²) in [4.78, 5) is 13.9. The van der Waals surface area contributed by atoms with Gasteiger partial charge in [0.15, 0.2) is 0 Å². The quantitative estimate of drug-likeness (QED) is 0.858. The Morgan fingerprint density at radius 2 is 1.71 bits per heavy atom. The average Bonchev–Trinajstić information content (AvgIpc) is 2.81. The fraction of sp³-hybridized carbons (Fsp3) is 0.474. The molecular formula is C19H25FN4. The third-order valence-electron chi connectivity index (χ3n) is 4.37. The van der Waals surface area contributed by atoms with Crippen LogP contribution in [0.25, 0.3) is 0 Å². The lowest BCUT2D eigenvalue weighted by Gasteiger charge is -2.24. The molecule has 0 radical (unpaired) electrons. The number of halogens is 1. The van der Waals surface area contributed by atoms with E-state index in [4.69, 9.17) is 4.98 Å². The molecule has 2 heterocycles. The van der Waals surface area contributed by atoms with Crippen molar-refractivity contribution in [3.05, 3.63) is 47.7 Å². The number of rotatable bonds is 4. The molecule has 1 aromatic heterocycles. The zero-order chi connectivity index (χ0) is 16.9. The molecule has 0 saturated carbocycles.